The molecule has 4 rings (SSSR count). The molecule has 1 aliphatic heterocycles. The summed E-state index contributed by atoms with van der Waals surface area (Å²) in [6, 6.07) is 10.3. The van der Waals surface area contributed by atoms with Crippen LogP contribution < -0.4 is 4.90 Å². The average molecular weight is 328 g/mol. The van der Waals surface area contributed by atoms with Crippen LogP contribution in [0.4, 0.5) is 5.13 Å². The van der Waals surface area contributed by atoms with Gasteiger partial charge in [0.2, 0.25) is 0 Å². The Kier molecular flexibility index (Phi) is 3.69. The summed E-state index contributed by atoms with van der Waals surface area (Å²) in [4.78, 5) is 8.43. The molecule has 2 aromatic rings. The van der Waals surface area contributed by atoms with E-state index in [0.29, 0.717) is 11.8 Å². The number of fused-ring (bicyclic) bond motifs is 1. The molecule has 0 bridgehead atoms. The summed E-state index contributed by atoms with van der Waals surface area (Å²) in [6.45, 7) is 6.17. The number of thiazole rings is 1. The van der Waals surface area contributed by atoms with Gasteiger partial charge in [0, 0.05) is 23.9 Å². The predicted octanol–water partition coefficient (Wildman–Crippen LogP) is 3.88. The van der Waals surface area contributed by atoms with Crippen molar-refractivity contribution < 1.29 is 5.11 Å². The van der Waals surface area contributed by atoms with Gasteiger partial charge in [-0.25, -0.2) is 4.98 Å². The number of aliphatic hydroxyl groups is 1. The van der Waals surface area contributed by atoms with Crippen LogP contribution in [-0.4, -0.2) is 23.2 Å². The first-order valence-corrected chi connectivity index (χ1v) is 9.36. The minimum Gasteiger partial charge on any atom is -0.385 e. The van der Waals surface area contributed by atoms with Crippen LogP contribution in [-0.2, 0) is 5.60 Å². The zero-order valence-corrected chi connectivity index (χ0v) is 14.6. The van der Waals surface area contributed by atoms with Gasteiger partial charge >= 0.3 is 0 Å². The Hall–Kier alpha value is -1.39. The lowest BCUT2D eigenvalue weighted by atomic mass is 9.67. The molecule has 3 atom stereocenters. The SMILES string of the molecule is Cc1nc(N2C[C@H]3CCC[C@](O)(c4ccccc4)[C@H]3C2)sc1C. The van der Waals surface area contributed by atoms with Crippen LogP contribution in [0, 0.1) is 25.7 Å². The molecule has 2 aliphatic rings. The van der Waals surface area contributed by atoms with Crippen molar-refractivity contribution in [3.63, 3.8) is 0 Å². The van der Waals surface area contributed by atoms with Gasteiger partial charge in [0.1, 0.15) is 0 Å². The molecule has 23 heavy (non-hydrogen) atoms. The van der Waals surface area contributed by atoms with E-state index in [2.05, 4.69) is 30.9 Å². The van der Waals surface area contributed by atoms with E-state index >= 15 is 0 Å². The Morgan fingerprint density at radius 2 is 2.00 bits per heavy atom. The zero-order valence-electron chi connectivity index (χ0n) is 13.8. The molecule has 1 aromatic heterocycles. The molecule has 1 aliphatic carbocycles. The van der Waals surface area contributed by atoms with Crippen LogP contribution in [0.15, 0.2) is 30.3 Å². The van der Waals surface area contributed by atoms with E-state index in [1.807, 2.05) is 18.2 Å². The molecular weight excluding hydrogens is 304 g/mol. The van der Waals surface area contributed by atoms with Gasteiger partial charge in [-0.1, -0.05) is 30.3 Å². The quantitative estimate of drug-likeness (QED) is 0.909. The molecule has 1 N–H and O–H groups in total. The van der Waals surface area contributed by atoms with E-state index in [-0.39, 0.29) is 0 Å². The van der Waals surface area contributed by atoms with Gasteiger partial charge in [0.15, 0.2) is 5.13 Å². The Labute approximate surface area is 142 Å². The minimum absolute atomic E-state index is 0.308. The smallest absolute Gasteiger partial charge is 0.185 e. The molecule has 0 radical (unpaired) electrons. The molecule has 3 nitrogen and oxygen atoms in total. The summed E-state index contributed by atoms with van der Waals surface area (Å²) >= 11 is 1.79. The van der Waals surface area contributed by atoms with Gasteiger partial charge in [0.25, 0.3) is 0 Å². The number of rotatable bonds is 2. The van der Waals surface area contributed by atoms with Crippen molar-refractivity contribution in [2.45, 2.75) is 38.7 Å². The molecule has 1 saturated carbocycles. The van der Waals surface area contributed by atoms with Crippen LogP contribution >= 0.6 is 11.3 Å². The topological polar surface area (TPSA) is 36.4 Å². The fraction of sp³-hybridized carbons (Fsp3) is 0.526. The fourth-order valence-corrected chi connectivity index (χ4v) is 5.28. The first-order valence-electron chi connectivity index (χ1n) is 8.55. The lowest BCUT2D eigenvalue weighted by Crippen LogP contribution is -2.42. The summed E-state index contributed by atoms with van der Waals surface area (Å²) < 4.78 is 0. The molecule has 0 unspecified atom stereocenters. The Morgan fingerprint density at radius 3 is 2.70 bits per heavy atom. The summed E-state index contributed by atoms with van der Waals surface area (Å²) in [6.07, 6.45) is 3.21. The summed E-state index contributed by atoms with van der Waals surface area (Å²) in [5, 5.41) is 12.6. The highest BCUT2D eigenvalue weighted by Gasteiger charge is 2.50. The van der Waals surface area contributed by atoms with E-state index < -0.39 is 5.60 Å². The molecule has 2 fully saturated rings. The lowest BCUT2D eigenvalue weighted by Gasteiger charge is -2.41. The van der Waals surface area contributed by atoms with Crippen LogP contribution in [0.25, 0.3) is 0 Å². The van der Waals surface area contributed by atoms with E-state index in [4.69, 9.17) is 4.98 Å². The number of nitrogens with zero attached hydrogens (tertiary/aromatic N) is 2. The molecule has 1 aromatic carbocycles. The third-order valence-electron chi connectivity index (χ3n) is 5.75. The Bertz CT molecular complexity index is 679. The average Bonchev–Trinajstić information content (AvgIpc) is 3.13. The first kappa shape index (κ1) is 15.2. The summed E-state index contributed by atoms with van der Waals surface area (Å²) in [5.74, 6) is 0.877. The monoisotopic (exact) mass is 328 g/mol. The highest BCUT2D eigenvalue weighted by molar-refractivity contribution is 7.15. The van der Waals surface area contributed by atoms with Gasteiger partial charge in [0.05, 0.1) is 11.3 Å². The van der Waals surface area contributed by atoms with Crippen LogP contribution in [0.1, 0.15) is 35.4 Å². The largest absolute Gasteiger partial charge is 0.385 e. The van der Waals surface area contributed by atoms with E-state index in [9.17, 15) is 5.11 Å². The maximum absolute atomic E-state index is 11.5. The number of hydrogen-bond acceptors (Lipinski definition) is 4. The number of anilines is 1. The maximum atomic E-state index is 11.5. The third kappa shape index (κ3) is 2.48. The van der Waals surface area contributed by atoms with Crippen molar-refractivity contribution in [2.24, 2.45) is 11.8 Å². The normalized spacial score (nSPS) is 30.5. The molecule has 122 valence electrons. The predicted molar refractivity (Wildman–Crippen MR) is 95.0 cm³/mol. The van der Waals surface area contributed by atoms with Crippen molar-refractivity contribution in [1.29, 1.82) is 0 Å². The molecular formula is C19H24N2OS. The first-order chi connectivity index (χ1) is 11.1. The Balaban J connectivity index is 1.64. The van der Waals surface area contributed by atoms with Crippen LogP contribution in [0.5, 0.6) is 0 Å². The van der Waals surface area contributed by atoms with Gasteiger partial charge in [-0.05, 0) is 44.6 Å². The van der Waals surface area contributed by atoms with Crippen molar-refractivity contribution in [2.75, 3.05) is 18.0 Å². The van der Waals surface area contributed by atoms with Crippen LogP contribution in [0.3, 0.4) is 0 Å². The van der Waals surface area contributed by atoms with Crippen LogP contribution in [0.2, 0.25) is 0 Å². The standard InChI is InChI=1S/C19H24N2OS/c1-13-14(2)23-18(20-13)21-11-15-7-6-10-19(22,17(15)12-21)16-8-4-3-5-9-16/h3-5,8-9,15,17,22H,6-7,10-12H2,1-2H3/t15-,17+,19+/m1/s1. The molecule has 0 spiro atoms. The van der Waals surface area contributed by atoms with Crippen molar-refractivity contribution in [3.05, 3.63) is 46.5 Å². The Morgan fingerprint density at radius 1 is 1.22 bits per heavy atom. The second kappa shape index (κ2) is 5.60. The van der Waals surface area contributed by atoms with Gasteiger partial charge < -0.3 is 10.0 Å². The minimum atomic E-state index is -0.680. The second-order valence-corrected chi connectivity index (χ2v) is 8.27. The highest BCUT2D eigenvalue weighted by Crippen LogP contribution is 2.49. The van der Waals surface area contributed by atoms with E-state index in [1.54, 1.807) is 11.3 Å². The molecule has 1 saturated heterocycles. The van der Waals surface area contributed by atoms with E-state index in [0.717, 1.165) is 42.3 Å². The fourth-order valence-electron chi connectivity index (χ4n) is 4.36. The van der Waals surface area contributed by atoms with Gasteiger partial charge in [-0.15, -0.1) is 11.3 Å². The van der Waals surface area contributed by atoms with Gasteiger partial charge in [-0.3, -0.25) is 0 Å². The summed E-state index contributed by atoms with van der Waals surface area (Å²) in [5.41, 5.74) is 1.54. The van der Waals surface area contributed by atoms with Gasteiger partial charge in [-0.2, -0.15) is 0 Å². The highest BCUT2D eigenvalue weighted by atomic mass is 32.1. The van der Waals surface area contributed by atoms with E-state index in [1.165, 1.54) is 11.3 Å². The lowest BCUT2D eigenvalue weighted by molar-refractivity contribution is -0.0631. The molecule has 4 heteroatoms. The second-order valence-electron chi connectivity index (χ2n) is 7.09. The number of aromatic nitrogens is 1. The maximum Gasteiger partial charge on any atom is 0.185 e. The molecule has 0 amide bonds. The molecule has 2 heterocycles. The zero-order chi connectivity index (χ0) is 16.0. The van der Waals surface area contributed by atoms with Crippen molar-refractivity contribution in [3.8, 4) is 0 Å². The summed E-state index contributed by atoms with van der Waals surface area (Å²) in [7, 11) is 0. The number of aryl methyl sites for hydroxylation is 2. The number of benzene rings is 1. The third-order valence-corrected chi connectivity index (χ3v) is 6.88. The number of hydrogen-bond donors (Lipinski definition) is 1. The van der Waals surface area contributed by atoms with Crippen molar-refractivity contribution >= 4 is 16.5 Å². The van der Waals surface area contributed by atoms with Crippen molar-refractivity contribution in [1.82, 2.24) is 4.98 Å².